The lowest BCUT2D eigenvalue weighted by atomic mass is 10.1. The number of nitrogens with zero attached hydrogens (tertiary/aromatic N) is 3. The monoisotopic (exact) mass is 240 g/mol. The van der Waals surface area contributed by atoms with E-state index >= 15 is 0 Å². The number of anilines is 1. The molecule has 0 bridgehead atoms. The number of aromatic nitrogens is 2. The van der Waals surface area contributed by atoms with Crippen LogP contribution in [0.25, 0.3) is 11.3 Å². The molecule has 1 aliphatic rings. The third-order valence-corrected chi connectivity index (χ3v) is 3.31. The molecule has 0 radical (unpaired) electrons. The normalized spacial score (nSPS) is 14.4. The van der Waals surface area contributed by atoms with Gasteiger partial charge in [0.05, 0.1) is 5.69 Å². The van der Waals surface area contributed by atoms with Crippen LogP contribution in [0.5, 0.6) is 0 Å². The fourth-order valence-electron chi connectivity index (χ4n) is 2.12. The van der Waals surface area contributed by atoms with Crippen LogP contribution in [0, 0.1) is 0 Å². The van der Waals surface area contributed by atoms with Crippen LogP contribution in [0.2, 0.25) is 0 Å². The maximum atomic E-state index is 5.73. The zero-order valence-electron chi connectivity index (χ0n) is 10.2. The molecule has 92 valence electrons. The summed E-state index contributed by atoms with van der Waals surface area (Å²) in [6.45, 7) is 2.73. The summed E-state index contributed by atoms with van der Waals surface area (Å²) in [6.07, 6.45) is 4.94. The lowest BCUT2D eigenvalue weighted by Gasteiger charge is -2.31. The van der Waals surface area contributed by atoms with Crippen molar-refractivity contribution in [3.05, 3.63) is 42.2 Å². The largest absolute Gasteiger partial charge is 0.356 e. The Morgan fingerprint density at radius 1 is 1.17 bits per heavy atom. The van der Waals surface area contributed by atoms with E-state index in [0.29, 0.717) is 6.54 Å². The maximum absolute atomic E-state index is 5.73. The molecule has 1 fully saturated rings. The van der Waals surface area contributed by atoms with Crippen LogP contribution in [0.3, 0.4) is 0 Å². The van der Waals surface area contributed by atoms with Gasteiger partial charge in [-0.05, 0) is 30.2 Å². The van der Waals surface area contributed by atoms with E-state index in [-0.39, 0.29) is 0 Å². The maximum Gasteiger partial charge on any atom is 0.128 e. The van der Waals surface area contributed by atoms with Crippen molar-refractivity contribution in [1.29, 1.82) is 0 Å². The highest BCUT2D eigenvalue weighted by Gasteiger charge is 2.15. The molecule has 18 heavy (non-hydrogen) atoms. The summed E-state index contributed by atoms with van der Waals surface area (Å²) >= 11 is 0. The van der Waals surface area contributed by atoms with Crippen LogP contribution in [0.15, 0.2) is 36.7 Å². The Hall–Kier alpha value is -1.94. The van der Waals surface area contributed by atoms with Gasteiger partial charge in [0.1, 0.15) is 5.82 Å². The summed E-state index contributed by atoms with van der Waals surface area (Å²) in [5.74, 6) is 1.05. The van der Waals surface area contributed by atoms with Crippen molar-refractivity contribution in [2.75, 3.05) is 18.0 Å². The predicted molar refractivity (Wildman–Crippen MR) is 72.2 cm³/mol. The molecular weight excluding hydrogens is 224 g/mol. The van der Waals surface area contributed by atoms with Crippen molar-refractivity contribution < 1.29 is 0 Å². The SMILES string of the molecule is NCc1cccnc1-c1ccc(N2CCC2)nc1. The zero-order valence-corrected chi connectivity index (χ0v) is 10.2. The molecule has 0 amide bonds. The molecule has 3 heterocycles. The van der Waals surface area contributed by atoms with Gasteiger partial charge in [0.2, 0.25) is 0 Å². The molecule has 2 aromatic heterocycles. The topological polar surface area (TPSA) is 55.0 Å². The smallest absolute Gasteiger partial charge is 0.128 e. The van der Waals surface area contributed by atoms with Gasteiger partial charge in [0.25, 0.3) is 0 Å². The van der Waals surface area contributed by atoms with Crippen LogP contribution in [-0.4, -0.2) is 23.1 Å². The lowest BCUT2D eigenvalue weighted by molar-refractivity contribution is 0.610. The second-order valence-corrected chi connectivity index (χ2v) is 4.46. The number of hydrogen-bond donors (Lipinski definition) is 1. The van der Waals surface area contributed by atoms with E-state index < -0.39 is 0 Å². The number of nitrogens with two attached hydrogens (primary N) is 1. The molecule has 4 heteroatoms. The fourth-order valence-corrected chi connectivity index (χ4v) is 2.12. The highest BCUT2D eigenvalue weighted by atomic mass is 15.2. The molecule has 0 unspecified atom stereocenters. The first-order valence-electron chi connectivity index (χ1n) is 6.24. The molecule has 4 nitrogen and oxygen atoms in total. The molecule has 3 rings (SSSR count). The molecule has 0 saturated carbocycles. The van der Waals surface area contributed by atoms with E-state index in [1.165, 1.54) is 6.42 Å². The van der Waals surface area contributed by atoms with Gasteiger partial charge in [-0.2, -0.15) is 0 Å². The average Bonchev–Trinajstić information content (AvgIpc) is 2.38. The zero-order chi connectivity index (χ0) is 12.4. The van der Waals surface area contributed by atoms with E-state index in [0.717, 1.165) is 35.7 Å². The van der Waals surface area contributed by atoms with Crippen molar-refractivity contribution >= 4 is 5.82 Å². The standard InChI is InChI=1S/C14H16N4/c15-9-11-3-1-6-16-14(11)12-4-5-13(17-10-12)18-7-2-8-18/h1,3-6,10H,2,7-9,15H2. The Morgan fingerprint density at radius 3 is 2.67 bits per heavy atom. The van der Waals surface area contributed by atoms with Crippen LogP contribution < -0.4 is 10.6 Å². The van der Waals surface area contributed by atoms with Crippen LogP contribution in [-0.2, 0) is 6.54 Å². The van der Waals surface area contributed by atoms with Gasteiger partial charge in [-0.25, -0.2) is 4.98 Å². The molecule has 0 aliphatic carbocycles. The number of hydrogen-bond acceptors (Lipinski definition) is 4. The van der Waals surface area contributed by atoms with E-state index in [1.54, 1.807) is 6.20 Å². The minimum atomic E-state index is 0.497. The summed E-state index contributed by atoms with van der Waals surface area (Å²) in [5, 5.41) is 0. The Morgan fingerprint density at radius 2 is 2.06 bits per heavy atom. The van der Waals surface area contributed by atoms with Gasteiger partial charge >= 0.3 is 0 Å². The molecule has 0 atom stereocenters. The van der Waals surface area contributed by atoms with Gasteiger partial charge in [-0.1, -0.05) is 6.07 Å². The predicted octanol–water partition coefficient (Wildman–Crippen LogP) is 1.81. The summed E-state index contributed by atoms with van der Waals surface area (Å²) < 4.78 is 0. The first kappa shape index (κ1) is 11.2. The van der Waals surface area contributed by atoms with E-state index in [1.807, 2.05) is 18.3 Å². The van der Waals surface area contributed by atoms with Gasteiger partial charge in [-0.15, -0.1) is 0 Å². The van der Waals surface area contributed by atoms with Crippen LogP contribution in [0.1, 0.15) is 12.0 Å². The quantitative estimate of drug-likeness (QED) is 0.889. The fraction of sp³-hybridized carbons (Fsp3) is 0.286. The summed E-state index contributed by atoms with van der Waals surface area (Å²) in [5.41, 5.74) is 8.74. The Labute approximate surface area is 106 Å². The third-order valence-electron chi connectivity index (χ3n) is 3.31. The van der Waals surface area contributed by atoms with Crippen molar-refractivity contribution in [1.82, 2.24) is 9.97 Å². The van der Waals surface area contributed by atoms with Gasteiger partial charge in [0.15, 0.2) is 0 Å². The van der Waals surface area contributed by atoms with Crippen LogP contribution >= 0.6 is 0 Å². The molecule has 1 aliphatic heterocycles. The minimum absolute atomic E-state index is 0.497. The van der Waals surface area contributed by atoms with Crippen molar-refractivity contribution in [3.8, 4) is 11.3 Å². The van der Waals surface area contributed by atoms with Crippen molar-refractivity contribution in [3.63, 3.8) is 0 Å². The summed E-state index contributed by atoms with van der Waals surface area (Å²) in [7, 11) is 0. The molecule has 0 spiro atoms. The van der Waals surface area contributed by atoms with Gasteiger partial charge in [-0.3, -0.25) is 4.98 Å². The first-order valence-corrected chi connectivity index (χ1v) is 6.24. The second kappa shape index (κ2) is 4.74. The number of rotatable bonds is 3. The van der Waals surface area contributed by atoms with Crippen molar-refractivity contribution in [2.45, 2.75) is 13.0 Å². The molecule has 1 saturated heterocycles. The highest BCUT2D eigenvalue weighted by Crippen LogP contribution is 2.23. The van der Waals surface area contributed by atoms with Gasteiger partial charge in [0, 0.05) is 37.6 Å². The molecule has 0 aromatic carbocycles. The summed E-state index contributed by atoms with van der Waals surface area (Å²) in [4.78, 5) is 11.2. The Bertz CT molecular complexity index is 532. The average molecular weight is 240 g/mol. The molecule has 2 aromatic rings. The highest BCUT2D eigenvalue weighted by molar-refractivity contribution is 5.63. The van der Waals surface area contributed by atoms with Crippen molar-refractivity contribution in [2.24, 2.45) is 5.73 Å². The van der Waals surface area contributed by atoms with E-state index in [9.17, 15) is 0 Å². The second-order valence-electron chi connectivity index (χ2n) is 4.46. The summed E-state index contributed by atoms with van der Waals surface area (Å²) in [6, 6.07) is 8.05. The van der Waals surface area contributed by atoms with Gasteiger partial charge < -0.3 is 10.6 Å². The number of pyridine rings is 2. The first-order chi connectivity index (χ1) is 8.88. The van der Waals surface area contributed by atoms with E-state index in [4.69, 9.17) is 5.73 Å². The Kier molecular flexibility index (Phi) is 2.94. The molecule has 2 N–H and O–H groups in total. The minimum Gasteiger partial charge on any atom is -0.356 e. The Balaban J connectivity index is 1.91. The van der Waals surface area contributed by atoms with E-state index in [2.05, 4.69) is 27.0 Å². The molecular formula is C14H16N4. The van der Waals surface area contributed by atoms with Crippen LogP contribution in [0.4, 0.5) is 5.82 Å². The lowest BCUT2D eigenvalue weighted by Crippen LogP contribution is -2.37. The third kappa shape index (κ3) is 1.95.